The molecule has 0 N–H and O–H groups in total. The normalized spacial score (nSPS) is 27.0. The molecule has 112 valence electrons. The molecule has 2 heterocycles. The van der Waals surface area contributed by atoms with E-state index in [0.717, 1.165) is 5.69 Å². The van der Waals surface area contributed by atoms with Crippen molar-refractivity contribution < 1.29 is 12.8 Å². The van der Waals surface area contributed by atoms with Gasteiger partial charge in [0, 0.05) is 12.2 Å². The molecule has 0 unspecified atom stereocenters. The number of hydrogen-bond donors (Lipinski definition) is 0. The number of anilines is 1. The second-order valence-electron chi connectivity index (χ2n) is 5.28. The van der Waals surface area contributed by atoms with Crippen molar-refractivity contribution in [1.82, 2.24) is 4.90 Å². The van der Waals surface area contributed by atoms with E-state index in [1.54, 1.807) is 18.2 Å². The number of benzene rings is 1. The van der Waals surface area contributed by atoms with Crippen LogP contribution in [0.2, 0.25) is 0 Å². The maximum absolute atomic E-state index is 13.1. The van der Waals surface area contributed by atoms with Gasteiger partial charge in [-0.15, -0.1) is 6.58 Å². The predicted molar refractivity (Wildman–Crippen MR) is 84.6 cm³/mol. The van der Waals surface area contributed by atoms with Crippen LogP contribution >= 0.6 is 12.2 Å². The highest BCUT2D eigenvalue weighted by atomic mass is 32.2. The van der Waals surface area contributed by atoms with Gasteiger partial charge in [0.1, 0.15) is 5.82 Å². The Hall–Kier alpha value is -1.47. The number of rotatable bonds is 3. The smallest absolute Gasteiger partial charge is 0.177 e. The molecule has 2 saturated heterocycles. The molecule has 0 amide bonds. The van der Waals surface area contributed by atoms with Crippen molar-refractivity contribution in [2.75, 3.05) is 23.0 Å². The first-order chi connectivity index (χ1) is 9.93. The Morgan fingerprint density at radius 1 is 1.29 bits per heavy atom. The minimum absolute atomic E-state index is 0.0722. The minimum atomic E-state index is -3.08. The molecule has 2 aliphatic heterocycles. The number of sulfone groups is 1. The molecule has 0 aliphatic carbocycles. The van der Waals surface area contributed by atoms with Gasteiger partial charge < -0.3 is 9.80 Å². The van der Waals surface area contributed by atoms with E-state index in [2.05, 4.69) is 6.58 Å². The molecule has 4 nitrogen and oxygen atoms in total. The Labute approximate surface area is 128 Å². The Kier molecular flexibility index (Phi) is 3.49. The molecule has 2 atom stereocenters. The standard InChI is InChI=1S/C14H15FN2O2S2/c1-2-7-16-12-8-21(18,19)9-13(12)17(14(16)20)11-5-3-10(15)4-6-11/h2-6,12-13H,1,7-9H2/t12-,13+/m1/s1. The van der Waals surface area contributed by atoms with E-state index < -0.39 is 9.84 Å². The van der Waals surface area contributed by atoms with Crippen LogP contribution in [0.25, 0.3) is 0 Å². The summed E-state index contributed by atoms with van der Waals surface area (Å²) in [6, 6.07) is 5.58. The quantitative estimate of drug-likeness (QED) is 0.623. The van der Waals surface area contributed by atoms with Gasteiger partial charge >= 0.3 is 0 Å². The maximum atomic E-state index is 13.1. The number of nitrogens with zero attached hydrogens (tertiary/aromatic N) is 2. The molecule has 1 aromatic rings. The second-order valence-corrected chi connectivity index (χ2v) is 7.80. The molecule has 0 spiro atoms. The van der Waals surface area contributed by atoms with Crippen LogP contribution in [-0.2, 0) is 9.84 Å². The van der Waals surface area contributed by atoms with E-state index >= 15 is 0 Å². The highest BCUT2D eigenvalue weighted by Gasteiger charge is 2.51. The van der Waals surface area contributed by atoms with E-state index in [0.29, 0.717) is 11.7 Å². The van der Waals surface area contributed by atoms with Crippen LogP contribution in [0.4, 0.5) is 10.1 Å². The lowest BCUT2D eigenvalue weighted by Gasteiger charge is -2.24. The minimum Gasteiger partial charge on any atom is -0.339 e. The monoisotopic (exact) mass is 326 g/mol. The van der Waals surface area contributed by atoms with Gasteiger partial charge in [0.05, 0.1) is 23.6 Å². The molecule has 0 bridgehead atoms. The predicted octanol–water partition coefficient (Wildman–Crippen LogP) is 1.58. The fourth-order valence-corrected chi connectivity index (χ4v) is 5.43. The third-order valence-electron chi connectivity index (χ3n) is 3.91. The first-order valence-corrected chi connectivity index (χ1v) is 8.82. The van der Waals surface area contributed by atoms with Crippen molar-refractivity contribution in [3.8, 4) is 0 Å². The number of hydrogen-bond acceptors (Lipinski definition) is 3. The Morgan fingerprint density at radius 3 is 2.52 bits per heavy atom. The summed E-state index contributed by atoms with van der Waals surface area (Å²) in [6.45, 7) is 4.21. The van der Waals surface area contributed by atoms with Crippen LogP contribution in [-0.4, -0.2) is 48.6 Å². The first-order valence-electron chi connectivity index (χ1n) is 6.59. The molecule has 1 aromatic carbocycles. The van der Waals surface area contributed by atoms with Crippen molar-refractivity contribution >= 4 is 32.9 Å². The first kappa shape index (κ1) is 14.5. The van der Waals surface area contributed by atoms with Crippen molar-refractivity contribution in [3.05, 3.63) is 42.7 Å². The molecule has 2 fully saturated rings. The molecule has 3 rings (SSSR count). The molecular formula is C14H15FN2O2S2. The summed E-state index contributed by atoms with van der Waals surface area (Å²) in [4.78, 5) is 3.72. The highest BCUT2D eigenvalue weighted by molar-refractivity contribution is 7.91. The van der Waals surface area contributed by atoms with Crippen LogP contribution in [0.5, 0.6) is 0 Å². The van der Waals surface area contributed by atoms with E-state index in [4.69, 9.17) is 12.2 Å². The third kappa shape index (κ3) is 2.44. The fourth-order valence-electron chi connectivity index (χ4n) is 3.03. The fraction of sp³-hybridized carbons (Fsp3) is 0.357. The van der Waals surface area contributed by atoms with Crippen molar-refractivity contribution in [2.45, 2.75) is 12.1 Å². The zero-order chi connectivity index (χ0) is 15.2. The van der Waals surface area contributed by atoms with E-state index in [9.17, 15) is 12.8 Å². The van der Waals surface area contributed by atoms with Gasteiger partial charge in [-0.2, -0.15) is 0 Å². The van der Waals surface area contributed by atoms with Crippen molar-refractivity contribution in [1.29, 1.82) is 0 Å². The van der Waals surface area contributed by atoms with Crippen molar-refractivity contribution in [2.24, 2.45) is 0 Å². The number of halogens is 1. The van der Waals surface area contributed by atoms with Gasteiger partial charge in [-0.3, -0.25) is 0 Å². The average Bonchev–Trinajstić information content (AvgIpc) is 2.84. The summed E-state index contributed by atoms with van der Waals surface area (Å²) in [5.74, 6) is -0.158. The van der Waals surface area contributed by atoms with E-state index in [-0.39, 0.29) is 29.4 Å². The lowest BCUT2D eigenvalue weighted by atomic mass is 10.1. The second kappa shape index (κ2) is 5.06. The number of thiocarbonyl (C=S) groups is 1. The van der Waals surface area contributed by atoms with Gasteiger partial charge in [-0.05, 0) is 36.5 Å². The largest absolute Gasteiger partial charge is 0.339 e. The lowest BCUT2D eigenvalue weighted by Crippen LogP contribution is -2.37. The van der Waals surface area contributed by atoms with Crippen LogP contribution in [0.3, 0.4) is 0 Å². The van der Waals surface area contributed by atoms with Crippen LogP contribution in [0, 0.1) is 5.82 Å². The molecular weight excluding hydrogens is 311 g/mol. The Bertz CT molecular complexity index is 687. The van der Waals surface area contributed by atoms with Gasteiger partial charge in [-0.25, -0.2) is 12.8 Å². The maximum Gasteiger partial charge on any atom is 0.177 e. The zero-order valence-electron chi connectivity index (χ0n) is 11.3. The highest BCUT2D eigenvalue weighted by Crippen LogP contribution is 2.35. The van der Waals surface area contributed by atoms with Gasteiger partial charge in [0.15, 0.2) is 14.9 Å². The molecule has 21 heavy (non-hydrogen) atoms. The lowest BCUT2D eigenvalue weighted by molar-refractivity contribution is 0.389. The van der Waals surface area contributed by atoms with Gasteiger partial charge in [0.2, 0.25) is 0 Å². The molecule has 0 aromatic heterocycles. The molecule has 7 heteroatoms. The SMILES string of the molecule is C=CCN1C(=S)N(c2ccc(F)cc2)[C@H]2CS(=O)(=O)C[C@H]21. The molecule has 2 aliphatic rings. The number of fused-ring (bicyclic) bond motifs is 1. The third-order valence-corrected chi connectivity index (χ3v) is 6.04. The van der Waals surface area contributed by atoms with Crippen LogP contribution in [0.15, 0.2) is 36.9 Å². The molecule has 0 radical (unpaired) electrons. The summed E-state index contributed by atoms with van der Waals surface area (Å²) in [6.07, 6.45) is 1.71. The van der Waals surface area contributed by atoms with Gasteiger partial charge in [0.25, 0.3) is 0 Å². The summed E-state index contributed by atoms with van der Waals surface area (Å²) in [7, 11) is -3.08. The summed E-state index contributed by atoms with van der Waals surface area (Å²) < 4.78 is 37.0. The van der Waals surface area contributed by atoms with E-state index in [1.807, 2.05) is 9.80 Å². The topological polar surface area (TPSA) is 40.6 Å². The zero-order valence-corrected chi connectivity index (χ0v) is 12.9. The van der Waals surface area contributed by atoms with Crippen LogP contribution in [0.1, 0.15) is 0 Å². The summed E-state index contributed by atoms with van der Waals surface area (Å²) >= 11 is 5.49. The molecule has 0 saturated carbocycles. The summed E-state index contributed by atoms with van der Waals surface area (Å²) in [5, 5.41) is 0.575. The Morgan fingerprint density at radius 2 is 1.90 bits per heavy atom. The Balaban J connectivity index is 2.01. The van der Waals surface area contributed by atoms with Crippen LogP contribution < -0.4 is 4.90 Å². The van der Waals surface area contributed by atoms with Gasteiger partial charge in [-0.1, -0.05) is 6.08 Å². The van der Waals surface area contributed by atoms with Crippen molar-refractivity contribution in [3.63, 3.8) is 0 Å². The summed E-state index contributed by atoms with van der Waals surface area (Å²) in [5.41, 5.74) is 0.722. The average molecular weight is 326 g/mol. The van der Waals surface area contributed by atoms with E-state index in [1.165, 1.54) is 12.1 Å².